The quantitative estimate of drug-likeness (QED) is 0.793. The molecule has 1 aromatic rings. The highest BCUT2D eigenvalue weighted by Crippen LogP contribution is 2.49. The second kappa shape index (κ2) is 5.03. The minimum absolute atomic E-state index is 0. The molecule has 0 spiro atoms. The molecular formula is C13H17FIN3. The van der Waals surface area contributed by atoms with E-state index in [1.807, 2.05) is 30.3 Å². The minimum Gasteiger partial charge on any atom is -0.352 e. The normalized spacial score (nSPS) is 33.1. The van der Waals surface area contributed by atoms with Crippen LogP contribution in [0.5, 0.6) is 0 Å². The lowest BCUT2D eigenvalue weighted by atomic mass is 10.1. The molecule has 0 amide bonds. The zero-order valence-electron chi connectivity index (χ0n) is 10.2. The SMILES string of the molecule is CC1CN=C(NC2CC2(F)c2ccccc2)N1.I. The standard InChI is InChI=1S/C13H16FN3.HI/c1-9-8-15-12(16-9)17-11-7-13(11,14)10-5-3-2-4-6-10;/h2-6,9,11H,7-8H2,1H3,(H2,15,16,17);1H. The Labute approximate surface area is 123 Å². The van der Waals surface area contributed by atoms with E-state index in [1.54, 1.807) is 0 Å². The first-order valence-corrected chi connectivity index (χ1v) is 6.00. The van der Waals surface area contributed by atoms with Crippen LogP contribution >= 0.6 is 24.0 Å². The zero-order valence-corrected chi connectivity index (χ0v) is 12.5. The monoisotopic (exact) mass is 361 g/mol. The summed E-state index contributed by atoms with van der Waals surface area (Å²) in [6.45, 7) is 2.82. The third-order valence-electron chi connectivity index (χ3n) is 3.36. The van der Waals surface area contributed by atoms with Crippen molar-refractivity contribution in [2.75, 3.05) is 6.54 Å². The maximum Gasteiger partial charge on any atom is 0.191 e. The van der Waals surface area contributed by atoms with Crippen LogP contribution in [0.2, 0.25) is 0 Å². The van der Waals surface area contributed by atoms with Crippen molar-refractivity contribution in [3.63, 3.8) is 0 Å². The van der Waals surface area contributed by atoms with E-state index in [0.29, 0.717) is 12.5 Å². The van der Waals surface area contributed by atoms with Gasteiger partial charge in [0.2, 0.25) is 0 Å². The molecule has 0 radical (unpaired) electrons. The summed E-state index contributed by atoms with van der Waals surface area (Å²) in [5.41, 5.74) is -0.471. The predicted molar refractivity (Wildman–Crippen MR) is 81.1 cm³/mol. The Bertz CT molecular complexity index is 451. The molecule has 0 bridgehead atoms. The topological polar surface area (TPSA) is 36.4 Å². The maximum absolute atomic E-state index is 14.5. The van der Waals surface area contributed by atoms with Gasteiger partial charge in [-0.25, -0.2) is 4.39 Å². The number of guanidine groups is 1. The number of aliphatic imine (C=N–C) groups is 1. The second-order valence-electron chi connectivity index (χ2n) is 4.86. The van der Waals surface area contributed by atoms with Crippen LogP contribution in [-0.4, -0.2) is 24.6 Å². The van der Waals surface area contributed by atoms with Gasteiger partial charge in [-0.1, -0.05) is 30.3 Å². The van der Waals surface area contributed by atoms with Crippen molar-refractivity contribution < 1.29 is 4.39 Å². The van der Waals surface area contributed by atoms with E-state index in [2.05, 4.69) is 22.5 Å². The smallest absolute Gasteiger partial charge is 0.191 e. The molecule has 2 aliphatic rings. The van der Waals surface area contributed by atoms with Gasteiger partial charge in [0.05, 0.1) is 12.6 Å². The van der Waals surface area contributed by atoms with Crippen molar-refractivity contribution in [3.8, 4) is 0 Å². The third-order valence-corrected chi connectivity index (χ3v) is 3.36. The molecule has 1 heterocycles. The Kier molecular flexibility index (Phi) is 3.79. The number of nitrogens with zero attached hydrogens (tertiary/aromatic N) is 1. The molecule has 3 nitrogen and oxygen atoms in total. The van der Waals surface area contributed by atoms with Crippen molar-refractivity contribution in [1.29, 1.82) is 0 Å². The van der Waals surface area contributed by atoms with Gasteiger partial charge in [-0.15, -0.1) is 24.0 Å². The zero-order chi connectivity index (χ0) is 11.9. The van der Waals surface area contributed by atoms with E-state index >= 15 is 0 Å². The van der Waals surface area contributed by atoms with E-state index in [4.69, 9.17) is 0 Å². The molecule has 2 N–H and O–H groups in total. The highest BCUT2D eigenvalue weighted by molar-refractivity contribution is 14.0. The number of hydrogen-bond donors (Lipinski definition) is 2. The van der Waals surface area contributed by atoms with Crippen LogP contribution in [-0.2, 0) is 5.67 Å². The molecule has 1 aliphatic carbocycles. The summed E-state index contributed by atoms with van der Waals surface area (Å²) in [5, 5.41) is 6.32. The Balaban J connectivity index is 0.00000120. The lowest BCUT2D eigenvalue weighted by Gasteiger charge is -2.11. The molecule has 1 aliphatic heterocycles. The van der Waals surface area contributed by atoms with Crippen LogP contribution in [0.1, 0.15) is 18.9 Å². The Morgan fingerprint density at radius 1 is 1.39 bits per heavy atom. The van der Waals surface area contributed by atoms with Crippen molar-refractivity contribution in [2.45, 2.75) is 31.1 Å². The molecule has 0 aromatic heterocycles. The number of hydrogen-bond acceptors (Lipinski definition) is 3. The molecule has 3 unspecified atom stereocenters. The number of benzene rings is 1. The minimum atomic E-state index is -1.22. The fraction of sp³-hybridized carbons (Fsp3) is 0.462. The Morgan fingerprint density at radius 2 is 2.11 bits per heavy atom. The molecule has 98 valence electrons. The van der Waals surface area contributed by atoms with Gasteiger partial charge in [-0.3, -0.25) is 4.99 Å². The van der Waals surface area contributed by atoms with Gasteiger partial charge in [0.25, 0.3) is 0 Å². The van der Waals surface area contributed by atoms with Crippen molar-refractivity contribution in [1.82, 2.24) is 10.6 Å². The lowest BCUT2D eigenvalue weighted by Crippen LogP contribution is -2.40. The van der Waals surface area contributed by atoms with Crippen LogP contribution in [0, 0.1) is 0 Å². The number of halogens is 2. The van der Waals surface area contributed by atoms with Gasteiger partial charge in [0, 0.05) is 12.5 Å². The molecule has 0 saturated heterocycles. The Morgan fingerprint density at radius 3 is 2.72 bits per heavy atom. The van der Waals surface area contributed by atoms with E-state index in [0.717, 1.165) is 18.1 Å². The van der Waals surface area contributed by atoms with Gasteiger partial charge in [-0.05, 0) is 12.5 Å². The number of alkyl halides is 1. The van der Waals surface area contributed by atoms with E-state index in [9.17, 15) is 4.39 Å². The number of rotatable bonds is 2. The van der Waals surface area contributed by atoms with Gasteiger partial charge in [0.1, 0.15) is 0 Å². The van der Waals surface area contributed by atoms with Gasteiger partial charge in [-0.2, -0.15) is 0 Å². The molecular weight excluding hydrogens is 344 g/mol. The van der Waals surface area contributed by atoms with E-state index in [1.165, 1.54) is 0 Å². The highest BCUT2D eigenvalue weighted by Gasteiger charge is 2.57. The first-order valence-electron chi connectivity index (χ1n) is 6.00. The largest absolute Gasteiger partial charge is 0.352 e. The summed E-state index contributed by atoms with van der Waals surface area (Å²) in [7, 11) is 0. The fourth-order valence-electron chi connectivity index (χ4n) is 2.24. The average Bonchev–Trinajstić information content (AvgIpc) is 2.80. The molecule has 5 heteroatoms. The summed E-state index contributed by atoms with van der Waals surface area (Å²) in [5.74, 6) is 0.734. The summed E-state index contributed by atoms with van der Waals surface area (Å²) in [6.07, 6.45) is 0.520. The molecule has 1 saturated carbocycles. The van der Waals surface area contributed by atoms with Crippen LogP contribution in [0.3, 0.4) is 0 Å². The van der Waals surface area contributed by atoms with Crippen LogP contribution < -0.4 is 10.6 Å². The lowest BCUT2D eigenvalue weighted by molar-refractivity contribution is 0.300. The molecule has 3 rings (SSSR count). The van der Waals surface area contributed by atoms with Gasteiger partial charge in [0.15, 0.2) is 11.6 Å². The molecule has 1 aromatic carbocycles. The van der Waals surface area contributed by atoms with Crippen molar-refractivity contribution >= 4 is 29.9 Å². The van der Waals surface area contributed by atoms with Crippen LogP contribution in [0.4, 0.5) is 4.39 Å². The summed E-state index contributed by atoms with van der Waals surface area (Å²) >= 11 is 0. The first-order chi connectivity index (χ1) is 8.18. The average molecular weight is 361 g/mol. The summed E-state index contributed by atoms with van der Waals surface area (Å²) in [4.78, 5) is 4.28. The van der Waals surface area contributed by atoms with Crippen molar-refractivity contribution in [2.24, 2.45) is 4.99 Å². The highest BCUT2D eigenvalue weighted by atomic mass is 127. The third kappa shape index (κ3) is 2.46. The van der Waals surface area contributed by atoms with Gasteiger partial charge < -0.3 is 10.6 Å². The molecule has 1 fully saturated rings. The van der Waals surface area contributed by atoms with Crippen LogP contribution in [0.25, 0.3) is 0 Å². The number of nitrogens with one attached hydrogen (secondary N) is 2. The van der Waals surface area contributed by atoms with E-state index < -0.39 is 5.67 Å². The van der Waals surface area contributed by atoms with Crippen molar-refractivity contribution in [3.05, 3.63) is 35.9 Å². The second-order valence-corrected chi connectivity index (χ2v) is 4.86. The first kappa shape index (κ1) is 13.6. The Hall–Kier alpha value is -0.850. The molecule has 3 atom stereocenters. The maximum atomic E-state index is 14.5. The van der Waals surface area contributed by atoms with Crippen LogP contribution in [0.15, 0.2) is 35.3 Å². The molecule has 18 heavy (non-hydrogen) atoms. The fourth-order valence-corrected chi connectivity index (χ4v) is 2.24. The summed E-state index contributed by atoms with van der Waals surface area (Å²) in [6, 6.07) is 9.53. The summed E-state index contributed by atoms with van der Waals surface area (Å²) < 4.78 is 14.5. The van der Waals surface area contributed by atoms with E-state index in [-0.39, 0.29) is 30.0 Å². The van der Waals surface area contributed by atoms with Gasteiger partial charge >= 0.3 is 0 Å². The predicted octanol–water partition coefficient (Wildman–Crippen LogP) is 2.18.